The Kier molecular flexibility index (Phi) is 7.55. The Morgan fingerprint density at radius 2 is 2.22 bits per heavy atom. The normalized spacial score (nSPS) is 12.0. The van der Waals surface area contributed by atoms with Gasteiger partial charge in [0.05, 0.1) is 12.8 Å². The average molecular weight is 287 g/mol. The smallest absolute Gasteiger partial charge is 0.449 e. The zero-order valence-corrected chi connectivity index (χ0v) is 12.7. The van der Waals surface area contributed by atoms with E-state index in [1.165, 1.54) is 12.1 Å². The van der Waals surface area contributed by atoms with Crippen LogP contribution < -0.4 is 35.0 Å². The van der Waals surface area contributed by atoms with Crippen LogP contribution in [0.25, 0.3) is 0 Å². The van der Waals surface area contributed by atoms with Gasteiger partial charge in [0, 0.05) is 0 Å². The summed E-state index contributed by atoms with van der Waals surface area (Å²) in [6.07, 6.45) is 0.396. The van der Waals surface area contributed by atoms with E-state index < -0.39 is 17.0 Å². The van der Waals surface area contributed by atoms with E-state index in [0.717, 1.165) is 6.21 Å². The van der Waals surface area contributed by atoms with Crippen molar-refractivity contribution >= 4 is 23.2 Å². The van der Waals surface area contributed by atoms with Gasteiger partial charge < -0.3 is 22.8 Å². The van der Waals surface area contributed by atoms with E-state index in [0.29, 0.717) is 0 Å². The molecular formula is C8H12N2NaO6S+. The molecule has 10 heteroatoms. The first-order valence-corrected chi connectivity index (χ1v) is 6.00. The fourth-order valence-corrected chi connectivity index (χ4v) is 1.32. The Hall–Kier alpha value is -0.550. The van der Waals surface area contributed by atoms with Gasteiger partial charge in [-0.05, 0) is 19.1 Å². The molecule has 4 N–H and O–H groups in total. The number of carbonyl (C=O) groups excluding carboxylic acids is 1. The van der Waals surface area contributed by atoms with E-state index in [1.807, 2.05) is 5.43 Å². The summed E-state index contributed by atoms with van der Waals surface area (Å²) in [4.78, 5) is 10.8. The zero-order valence-electron chi connectivity index (χ0n) is 9.86. The van der Waals surface area contributed by atoms with Gasteiger partial charge in [0.15, 0.2) is 0 Å². The summed E-state index contributed by atoms with van der Waals surface area (Å²) in [5, 5.41) is 3.10. The maximum absolute atomic E-state index is 10.8. The second kappa shape index (κ2) is 7.79. The number of nitrogens with zero attached hydrogens (tertiary/aromatic N) is 1. The van der Waals surface area contributed by atoms with Gasteiger partial charge in [-0.25, -0.2) is 10.2 Å². The molecule has 0 saturated carbocycles. The third kappa shape index (κ3) is 5.87. The molecule has 1 aromatic heterocycles. The molecule has 18 heavy (non-hydrogen) atoms. The number of rotatable bonds is 4. The second-order valence-electron chi connectivity index (χ2n) is 2.77. The maximum Gasteiger partial charge on any atom is 1.00 e. The Bertz CT molecular complexity index is 416. The van der Waals surface area contributed by atoms with Gasteiger partial charge in [0.2, 0.25) is 5.09 Å². The second-order valence-corrected chi connectivity index (χ2v) is 4.21. The predicted molar refractivity (Wildman–Crippen MR) is 60.2 cm³/mol. The van der Waals surface area contributed by atoms with Gasteiger partial charge in [-0.1, -0.05) is 0 Å². The van der Waals surface area contributed by atoms with Crippen molar-refractivity contribution in [1.29, 1.82) is 0 Å². The van der Waals surface area contributed by atoms with E-state index in [4.69, 9.17) is 18.1 Å². The van der Waals surface area contributed by atoms with Crippen LogP contribution in [0.15, 0.2) is 26.7 Å². The molecule has 0 fully saturated rings. The Morgan fingerprint density at radius 3 is 2.72 bits per heavy atom. The van der Waals surface area contributed by atoms with Crippen LogP contribution in [-0.4, -0.2) is 32.6 Å². The molecular weight excluding hydrogens is 275 g/mol. The third-order valence-corrected chi connectivity index (χ3v) is 2.25. The van der Waals surface area contributed by atoms with Crippen molar-refractivity contribution in [2.24, 2.45) is 5.10 Å². The van der Waals surface area contributed by atoms with Crippen molar-refractivity contribution in [3.05, 3.63) is 17.9 Å². The summed E-state index contributed by atoms with van der Waals surface area (Å²) < 4.78 is 35.9. The molecule has 0 aliphatic carbocycles. The fraction of sp³-hybridized carbons (Fsp3) is 0.250. The quantitative estimate of drug-likeness (QED) is 0.318. The van der Waals surface area contributed by atoms with Crippen LogP contribution in [0, 0.1) is 0 Å². The number of amides is 1. The summed E-state index contributed by atoms with van der Waals surface area (Å²) in [7, 11) is -3.87. The van der Waals surface area contributed by atoms with Gasteiger partial charge in [-0.2, -0.15) is 5.10 Å². The number of nitrogens with one attached hydrogen (secondary N) is 1. The molecule has 0 aromatic carbocycles. The van der Waals surface area contributed by atoms with Crippen LogP contribution >= 0.6 is 10.9 Å². The number of hydrazone groups is 1. The summed E-state index contributed by atoms with van der Waals surface area (Å²) in [5.41, 5.74) is 2.05. The Balaban J connectivity index is 0.00000289. The van der Waals surface area contributed by atoms with E-state index in [9.17, 15) is 4.79 Å². The minimum Gasteiger partial charge on any atom is -0.449 e. The number of carbonyl (C=O) groups is 1. The molecule has 0 bridgehead atoms. The summed E-state index contributed by atoms with van der Waals surface area (Å²) in [6, 6.07) is 2.52. The van der Waals surface area contributed by atoms with E-state index in [1.54, 1.807) is 6.92 Å². The molecule has 0 spiro atoms. The topological polar surface area (TPSA) is 125 Å². The molecule has 1 amide bonds. The van der Waals surface area contributed by atoms with Gasteiger partial charge in [-0.3, -0.25) is 0 Å². The summed E-state index contributed by atoms with van der Waals surface area (Å²) in [5.74, 6) is 0.130. The van der Waals surface area contributed by atoms with Crippen LogP contribution in [0.1, 0.15) is 12.7 Å². The number of hydrogen-bond donors (Lipinski definition) is 4. The van der Waals surface area contributed by atoms with Gasteiger partial charge >= 0.3 is 35.7 Å². The van der Waals surface area contributed by atoms with Gasteiger partial charge in [-0.15, -0.1) is 0 Å². The van der Waals surface area contributed by atoms with Crippen LogP contribution in [-0.2, 0) is 4.74 Å². The Morgan fingerprint density at radius 1 is 1.56 bits per heavy atom. The van der Waals surface area contributed by atoms with E-state index in [2.05, 4.69) is 9.84 Å². The molecule has 0 atom stereocenters. The van der Waals surface area contributed by atoms with Crippen molar-refractivity contribution in [3.63, 3.8) is 0 Å². The number of hydrogen-bond acceptors (Lipinski definition) is 7. The van der Waals surface area contributed by atoms with E-state index in [-0.39, 0.29) is 47.0 Å². The van der Waals surface area contributed by atoms with Crippen molar-refractivity contribution in [3.8, 4) is 0 Å². The predicted octanol–water partition coefficient (Wildman–Crippen LogP) is -1.05. The average Bonchev–Trinajstić information content (AvgIpc) is 2.66. The van der Waals surface area contributed by atoms with Crippen molar-refractivity contribution in [2.45, 2.75) is 12.0 Å². The van der Waals surface area contributed by atoms with Crippen molar-refractivity contribution < 1.29 is 57.2 Å². The summed E-state index contributed by atoms with van der Waals surface area (Å²) in [6.45, 7) is 1.87. The number of furan rings is 1. The largest absolute Gasteiger partial charge is 1.00 e. The molecule has 1 heterocycles. The standard InChI is InChI=1S/C8H12N2O6S.Na/c1-2-15-8(11)10-9-5-6-3-4-7(16-6)17(12,13)14;/h3-5,12-14H,2H2,1H3,(H,10,11);/q;+1/b9-5-;. The van der Waals surface area contributed by atoms with Crippen molar-refractivity contribution in [1.82, 2.24) is 5.43 Å². The molecule has 0 saturated heterocycles. The van der Waals surface area contributed by atoms with Crippen LogP contribution in [0.3, 0.4) is 0 Å². The van der Waals surface area contributed by atoms with E-state index >= 15 is 0 Å². The monoisotopic (exact) mass is 287 g/mol. The molecule has 0 radical (unpaired) electrons. The molecule has 8 nitrogen and oxygen atoms in total. The zero-order chi connectivity index (χ0) is 12.9. The van der Waals surface area contributed by atoms with Gasteiger partial charge in [0.25, 0.3) is 0 Å². The fourth-order valence-electron chi connectivity index (χ4n) is 0.863. The first-order valence-electron chi connectivity index (χ1n) is 4.50. The van der Waals surface area contributed by atoms with Crippen molar-refractivity contribution in [2.75, 3.05) is 6.61 Å². The molecule has 1 rings (SSSR count). The first kappa shape index (κ1) is 17.4. The minimum absolute atomic E-state index is 0. The molecule has 96 valence electrons. The van der Waals surface area contributed by atoms with Crippen LogP contribution in [0.4, 0.5) is 4.79 Å². The summed E-state index contributed by atoms with van der Waals surface area (Å²) >= 11 is 0. The van der Waals surface area contributed by atoms with Crippen LogP contribution in [0.5, 0.6) is 0 Å². The minimum atomic E-state index is -3.87. The molecule has 0 unspecified atom stereocenters. The van der Waals surface area contributed by atoms with Gasteiger partial charge in [0.1, 0.15) is 16.6 Å². The maximum atomic E-state index is 10.8. The molecule has 1 aromatic rings. The first-order chi connectivity index (χ1) is 7.93. The number of ether oxygens (including phenoxy) is 1. The SMILES string of the molecule is CCOC(=O)N/N=C\c1ccc(S(O)(O)O)o1.[Na+]. The third-order valence-electron chi connectivity index (χ3n) is 1.50. The molecule has 0 aliphatic rings. The Labute approximate surface area is 127 Å². The van der Waals surface area contributed by atoms with Crippen LogP contribution in [0.2, 0.25) is 0 Å². The molecule has 0 aliphatic heterocycles.